The number of carbonyl (C=O) groups is 1. The number of anilines is 1. The molecule has 0 N–H and O–H groups in total. The number of rotatable bonds is 4. The van der Waals surface area contributed by atoms with Crippen molar-refractivity contribution in [1.29, 1.82) is 0 Å². The van der Waals surface area contributed by atoms with Crippen LogP contribution in [-0.2, 0) is 11.3 Å². The predicted octanol–water partition coefficient (Wildman–Crippen LogP) is 3.85. The van der Waals surface area contributed by atoms with Crippen LogP contribution in [0.5, 0.6) is 0 Å². The third-order valence-corrected chi connectivity index (χ3v) is 3.04. The molecule has 0 radical (unpaired) electrons. The Morgan fingerprint density at radius 3 is 2.11 bits per heavy atom. The highest BCUT2D eigenvalue weighted by Gasteiger charge is 2.20. The van der Waals surface area contributed by atoms with E-state index in [2.05, 4.69) is 0 Å². The minimum Gasteiger partial charge on any atom is -0.307 e. The molecule has 0 saturated heterocycles. The van der Waals surface area contributed by atoms with E-state index in [0.717, 1.165) is 11.3 Å². The molecule has 3 heteroatoms. The Balaban J connectivity index is 2.28. The summed E-state index contributed by atoms with van der Waals surface area (Å²) in [7, 11) is 0. The number of hydrogen-bond donors (Lipinski definition) is 0. The molecule has 2 aromatic carbocycles. The van der Waals surface area contributed by atoms with Gasteiger partial charge in [0.15, 0.2) is 0 Å². The highest BCUT2D eigenvalue weighted by Crippen LogP contribution is 2.19. The summed E-state index contributed by atoms with van der Waals surface area (Å²) in [5.41, 5.74) is 1.95. The van der Waals surface area contributed by atoms with E-state index in [4.69, 9.17) is 11.6 Å². The summed E-state index contributed by atoms with van der Waals surface area (Å²) in [6, 6.07) is 19.5. The molecule has 1 atom stereocenters. The Hall–Kier alpha value is -1.80. The Morgan fingerprint density at radius 1 is 1.05 bits per heavy atom. The quantitative estimate of drug-likeness (QED) is 0.775. The third kappa shape index (κ3) is 3.58. The maximum atomic E-state index is 12.2. The second-order valence-electron chi connectivity index (χ2n) is 4.36. The van der Waals surface area contributed by atoms with Gasteiger partial charge in [-0.1, -0.05) is 48.5 Å². The van der Waals surface area contributed by atoms with Crippen LogP contribution in [0, 0.1) is 0 Å². The van der Waals surface area contributed by atoms with E-state index in [0.29, 0.717) is 6.54 Å². The summed E-state index contributed by atoms with van der Waals surface area (Å²) >= 11 is 5.95. The van der Waals surface area contributed by atoms with E-state index >= 15 is 0 Å². The van der Waals surface area contributed by atoms with Crippen molar-refractivity contribution in [3.63, 3.8) is 0 Å². The molecule has 98 valence electrons. The van der Waals surface area contributed by atoms with Gasteiger partial charge in [-0.05, 0) is 24.6 Å². The van der Waals surface area contributed by atoms with Crippen LogP contribution in [-0.4, -0.2) is 11.3 Å². The van der Waals surface area contributed by atoms with E-state index in [1.165, 1.54) is 0 Å². The molecule has 2 nitrogen and oxygen atoms in total. The van der Waals surface area contributed by atoms with E-state index in [9.17, 15) is 4.79 Å². The van der Waals surface area contributed by atoms with Gasteiger partial charge in [0, 0.05) is 5.69 Å². The van der Waals surface area contributed by atoms with E-state index in [1.807, 2.05) is 60.7 Å². The molecule has 0 aliphatic heterocycles. The van der Waals surface area contributed by atoms with Gasteiger partial charge < -0.3 is 4.90 Å². The summed E-state index contributed by atoms with van der Waals surface area (Å²) in [5.74, 6) is -0.0864. The van der Waals surface area contributed by atoms with E-state index in [1.54, 1.807) is 11.8 Å². The number of para-hydroxylation sites is 1. The van der Waals surface area contributed by atoms with Gasteiger partial charge in [0.25, 0.3) is 0 Å². The zero-order valence-electron chi connectivity index (χ0n) is 10.8. The first-order chi connectivity index (χ1) is 9.18. The number of benzene rings is 2. The molecular formula is C16H16ClNO. The van der Waals surface area contributed by atoms with Crippen molar-refractivity contribution in [2.24, 2.45) is 0 Å². The lowest BCUT2D eigenvalue weighted by atomic mass is 10.2. The van der Waals surface area contributed by atoms with Crippen molar-refractivity contribution < 1.29 is 4.79 Å². The molecule has 2 aromatic rings. The van der Waals surface area contributed by atoms with Crippen molar-refractivity contribution in [3.05, 3.63) is 66.2 Å². The number of hydrogen-bond acceptors (Lipinski definition) is 1. The Morgan fingerprint density at radius 2 is 1.58 bits per heavy atom. The number of halogens is 1. The fourth-order valence-corrected chi connectivity index (χ4v) is 2.00. The summed E-state index contributed by atoms with van der Waals surface area (Å²) in [6.07, 6.45) is 0. The summed E-state index contributed by atoms with van der Waals surface area (Å²) in [6.45, 7) is 2.23. The number of nitrogens with zero attached hydrogens (tertiary/aromatic N) is 1. The average molecular weight is 274 g/mol. The van der Waals surface area contributed by atoms with Gasteiger partial charge in [-0.3, -0.25) is 4.79 Å². The van der Waals surface area contributed by atoms with Crippen molar-refractivity contribution >= 4 is 23.2 Å². The maximum Gasteiger partial charge on any atom is 0.245 e. The van der Waals surface area contributed by atoms with Gasteiger partial charge in [0.05, 0.1) is 6.54 Å². The van der Waals surface area contributed by atoms with Gasteiger partial charge in [-0.2, -0.15) is 0 Å². The lowest BCUT2D eigenvalue weighted by molar-refractivity contribution is -0.118. The summed E-state index contributed by atoms with van der Waals surface area (Å²) < 4.78 is 0. The average Bonchev–Trinajstić information content (AvgIpc) is 2.46. The highest BCUT2D eigenvalue weighted by atomic mass is 35.5. The zero-order chi connectivity index (χ0) is 13.7. The molecule has 19 heavy (non-hydrogen) atoms. The molecular weight excluding hydrogens is 258 g/mol. The topological polar surface area (TPSA) is 20.3 Å². The molecule has 1 amide bonds. The Labute approximate surface area is 118 Å². The molecule has 0 heterocycles. The molecule has 0 bridgehead atoms. The molecule has 0 aliphatic carbocycles. The second-order valence-corrected chi connectivity index (χ2v) is 5.02. The van der Waals surface area contributed by atoms with Crippen LogP contribution in [0.15, 0.2) is 60.7 Å². The first-order valence-electron chi connectivity index (χ1n) is 6.23. The first-order valence-corrected chi connectivity index (χ1v) is 6.66. The lowest BCUT2D eigenvalue weighted by Gasteiger charge is -2.24. The van der Waals surface area contributed by atoms with Gasteiger partial charge in [-0.25, -0.2) is 0 Å². The molecule has 1 unspecified atom stereocenters. The van der Waals surface area contributed by atoms with Gasteiger partial charge in [-0.15, -0.1) is 11.6 Å². The number of carbonyl (C=O) groups excluding carboxylic acids is 1. The van der Waals surface area contributed by atoms with Crippen LogP contribution < -0.4 is 4.90 Å². The molecule has 0 fully saturated rings. The fourth-order valence-electron chi connectivity index (χ4n) is 1.89. The smallest absolute Gasteiger partial charge is 0.245 e. The SMILES string of the molecule is CC(Cl)C(=O)N(Cc1ccccc1)c1ccccc1. The van der Waals surface area contributed by atoms with Crippen LogP contribution in [0.3, 0.4) is 0 Å². The predicted molar refractivity (Wildman–Crippen MR) is 79.4 cm³/mol. The summed E-state index contributed by atoms with van der Waals surface area (Å²) in [5, 5.41) is -0.538. The van der Waals surface area contributed by atoms with Crippen molar-refractivity contribution in [1.82, 2.24) is 0 Å². The van der Waals surface area contributed by atoms with Crippen LogP contribution in [0.4, 0.5) is 5.69 Å². The highest BCUT2D eigenvalue weighted by molar-refractivity contribution is 6.32. The molecule has 0 saturated carbocycles. The standard InChI is InChI=1S/C16H16ClNO/c1-13(17)16(19)18(15-10-6-3-7-11-15)12-14-8-4-2-5-9-14/h2-11,13H,12H2,1H3. The minimum absolute atomic E-state index is 0.0864. The Bertz CT molecular complexity index is 525. The van der Waals surface area contributed by atoms with E-state index in [-0.39, 0.29) is 5.91 Å². The van der Waals surface area contributed by atoms with Gasteiger partial charge >= 0.3 is 0 Å². The van der Waals surface area contributed by atoms with Crippen molar-refractivity contribution in [2.75, 3.05) is 4.90 Å². The normalized spacial score (nSPS) is 11.9. The summed E-state index contributed by atoms with van der Waals surface area (Å²) in [4.78, 5) is 14.0. The van der Waals surface area contributed by atoms with Gasteiger partial charge in [0.2, 0.25) is 5.91 Å². The third-order valence-electron chi connectivity index (χ3n) is 2.86. The Kier molecular flexibility index (Phi) is 4.58. The molecule has 0 aromatic heterocycles. The lowest BCUT2D eigenvalue weighted by Crippen LogP contribution is -2.35. The van der Waals surface area contributed by atoms with Crippen LogP contribution in [0.25, 0.3) is 0 Å². The fraction of sp³-hybridized carbons (Fsp3) is 0.188. The number of amides is 1. The number of alkyl halides is 1. The monoisotopic (exact) mass is 273 g/mol. The van der Waals surface area contributed by atoms with Crippen LogP contribution in [0.1, 0.15) is 12.5 Å². The molecule has 0 spiro atoms. The van der Waals surface area contributed by atoms with Crippen molar-refractivity contribution in [3.8, 4) is 0 Å². The van der Waals surface area contributed by atoms with Crippen molar-refractivity contribution in [2.45, 2.75) is 18.8 Å². The largest absolute Gasteiger partial charge is 0.307 e. The van der Waals surface area contributed by atoms with Gasteiger partial charge in [0.1, 0.15) is 5.38 Å². The first kappa shape index (κ1) is 13.6. The van der Waals surface area contributed by atoms with Crippen LogP contribution >= 0.6 is 11.6 Å². The second kappa shape index (κ2) is 6.39. The molecule has 2 rings (SSSR count). The van der Waals surface area contributed by atoms with E-state index < -0.39 is 5.38 Å². The molecule has 0 aliphatic rings. The van der Waals surface area contributed by atoms with Crippen LogP contribution in [0.2, 0.25) is 0 Å². The maximum absolute atomic E-state index is 12.2. The zero-order valence-corrected chi connectivity index (χ0v) is 11.5. The minimum atomic E-state index is -0.538.